The number of hydrogen-bond donors (Lipinski definition) is 3. The molecule has 1 aromatic carbocycles. The van der Waals surface area contributed by atoms with Crippen LogP contribution in [0.2, 0.25) is 0 Å². The summed E-state index contributed by atoms with van der Waals surface area (Å²) in [6.45, 7) is 4.81. The third kappa shape index (κ3) is 10.1. The lowest BCUT2D eigenvalue weighted by molar-refractivity contribution is -0.124. The summed E-state index contributed by atoms with van der Waals surface area (Å²) in [5.74, 6) is 0.684. The van der Waals surface area contributed by atoms with E-state index in [2.05, 4.69) is 32.9 Å². The third-order valence-corrected chi connectivity index (χ3v) is 4.77. The summed E-state index contributed by atoms with van der Waals surface area (Å²) in [6, 6.07) is 7.82. The van der Waals surface area contributed by atoms with Crippen molar-refractivity contribution in [3.63, 3.8) is 0 Å². The predicted molar refractivity (Wildman–Crippen MR) is 132 cm³/mol. The van der Waals surface area contributed by atoms with Gasteiger partial charge in [0.15, 0.2) is 5.96 Å². The van der Waals surface area contributed by atoms with Crippen LogP contribution < -0.4 is 16.0 Å². The van der Waals surface area contributed by atoms with Crippen LogP contribution in [0.3, 0.4) is 0 Å². The molecule has 0 saturated carbocycles. The van der Waals surface area contributed by atoms with Gasteiger partial charge < -0.3 is 30.3 Å². The first-order valence-electron chi connectivity index (χ1n) is 10.3. The summed E-state index contributed by atoms with van der Waals surface area (Å²) in [7, 11) is 5.59. The summed E-state index contributed by atoms with van der Waals surface area (Å²) in [6.07, 6.45) is 2.43. The number of methoxy groups -OCH3 is 1. The van der Waals surface area contributed by atoms with Crippen molar-refractivity contribution < 1.29 is 14.3 Å². The molecule has 0 radical (unpaired) electrons. The van der Waals surface area contributed by atoms with Gasteiger partial charge in [-0.2, -0.15) is 0 Å². The number of halogens is 1. The first-order chi connectivity index (χ1) is 14.1. The number of amides is 1. The molecule has 1 heterocycles. The van der Waals surface area contributed by atoms with Crippen LogP contribution in [0.5, 0.6) is 0 Å². The van der Waals surface area contributed by atoms with Gasteiger partial charge in [-0.05, 0) is 44.0 Å². The molecule has 2 rings (SSSR count). The Kier molecular flexibility index (Phi) is 13.6. The Bertz CT molecular complexity index is 653. The molecule has 1 amide bonds. The van der Waals surface area contributed by atoms with Crippen LogP contribution in [0.4, 0.5) is 5.69 Å². The van der Waals surface area contributed by atoms with Crippen molar-refractivity contribution in [1.82, 2.24) is 15.5 Å². The van der Waals surface area contributed by atoms with E-state index in [1.54, 1.807) is 14.2 Å². The number of anilines is 1. The van der Waals surface area contributed by atoms with E-state index in [1.165, 1.54) is 0 Å². The molecule has 8 nitrogen and oxygen atoms in total. The number of benzene rings is 1. The molecular weight excluding hydrogens is 497 g/mol. The highest BCUT2D eigenvalue weighted by molar-refractivity contribution is 14.0. The van der Waals surface area contributed by atoms with E-state index in [-0.39, 0.29) is 36.0 Å². The highest BCUT2D eigenvalue weighted by Gasteiger charge is 2.23. The first kappa shape index (κ1) is 26.6. The fourth-order valence-corrected chi connectivity index (χ4v) is 3.13. The van der Waals surface area contributed by atoms with Crippen LogP contribution in [-0.4, -0.2) is 76.9 Å². The number of carbonyl (C=O) groups is 1. The molecule has 1 atom stereocenters. The Hall–Kier alpha value is -1.43. The number of carbonyl (C=O) groups excluding carboxylic acids is 1. The lowest BCUT2D eigenvalue weighted by Gasteiger charge is -2.18. The number of rotatable bonds is 11. The molecule has 0 bridgehead atoms. The fraction of sp³-hybridized carbons (Fsp3) is 0.619. The van der Waals surface area contributed by atoms with Gasteiger partial charge in [-0.25, -0.2) is 0 Å². The Morgan fingerprint density at radius 3 is 2.87 bits per heavy atom. The maximum absolute atomic E-state index is 12.2. The summed E-state index contributed by atoms with van der Waals surface area (Å²) < 4.78 is 10.5. The Morgan fingerprint density at radius 2 is 2.17 bits per heavy atom. The summed E-state index contributed by atoms with van der Waals surface area (Å²) in [4.78, 5) is 18.7. The highest BCUT2D eigenvalue weighted by atomic mass is 127. The van der Waals surface area contributed by atoms with E-state index in [1.807, 2.05) is 24.3 Å². The van der Waals surface area contributed by atoms with Crippen molar-refractivity contribution in [2.24, 2.45) is 4.99 Å². The molecule has 1 saturated heterocycles. The number of aliphatic imine (C=N–C) groups is 1. The van der Waals surface area contributed by atoms with Crippen LogP contribution in [0, 0.1) is 0 Å². The van der Waals surface area contributed by atoms with Gasteiger partial charge in [0.25, 0.3) is 5.91 Å². The zero-order chi connectivity index (χ0) is 20.9. The van der Waals surface area contributed by atoms with Gasteiger partial charge in [-0.15, -0.1) is 24.0 Å². The van der Waals surface area contributed by atoms with Crippen molar-refractivity contribution in [2.45, 2.75) is 31.9 Å². The van der Waals surface area contributed by atoms with E-state index in [4.69, 9.17) is 9.47 Å². The summed E-state index contributed by atoms with van der Waals surface area (Å²) in [5.41, 5.74) is 1.85. The lowest BCUT2D eigenvalue weighted by Crippen LogP contribution is -2.40. The molecule has 1 fully saturated rings. The number of hydrogen-bond acceptors (Lipinski definition) is 5. The normalized spacial score (nSPS) is 16.3. The van der Waals surface area contributed by atoms with Crippen molar-refractivity contribution >= 4 is 41.5 Å². The molecule has 0 spiro atoms. The number of nitrogens with one attached hydrogen (secondary N) is 3. The van der Waals surface area contributed by atoms with Gasteiger partial charge >= 0.3 is 0 Å². The van der Waals surface area contributed by atoms with E-state index in [0.29, 0.717) is 13.2 Å². The van der Waals surface area contributed by atoms with Crippen molar-refractivity contribution in [2.75, 3.05) is 59.4 Å². The van der Waals surface area contributed by atoms with Crippen molar-refractivity contribution in [1.29, 1.82) is 0 Å². The van der Waals surface area contributed by atoms with Crippen LogP contribution in [0.25, 0.3) is 0 Å². The quantitative estimate of drug-likeness (QED) is 0.175. The molecule has 1 unspecified atom stereocenters. The Labute approximate surface area is 197 Å². The van der Waals surface area contributed by atoms with Crippen molar-refractivity contribution in [3.05, 3.63) is 29.8 Å². The number of nitrogens with zero attached hydrogens (tertiary/aromatic N) is 2. The molecule has 1 aliphatic heterocycles. The van der Waals surface area contributed by atoms with Crippen LogP contribution in [-0.2, 0) is 20.8 Å². The number of likely N-dealkylation sites (N-methyl/N-ethyl adjacent to an activating group) is 1. The molecule has 9 heteroatoms. The smallest absolute Gasteiger partial charge is 0.253 e. The van der Waals surface area contributed by atoms with Gasteiger partial charge in [-0.3, -0.25) is 9.79 Å². The monoisotopic (exact) mass is 533 g/mol. The van der Waals surface area contributed by atoms with E-state index < -0.39 is 0 Å². The molecular formula is C21H36IN5O3. The van der Waals surface area contributed by atoms with Gasteiger partial charge in [0.1, 0.15) is 6.10 Å². The molecule has 3 N–H and O–H groups in total. The van der Waals surface area contributed by atoms with Crippen LogP contribution in [0.1, 0.15) is 24.8 Å². The summed E-state index contributed by atoms with van der Waals surface area (Å²) in [5, 5.41) is 9.58. The second kappa shape index (κ2) is 15.4. The molecule has 170 valence electrons. The van der Waals surface area contributed by atoms with Gasteiger partial charge in [0.2, 0.25) is 0 Å². The minimum atomic E-state index is -0.326. The standard InChI is InChI=1S/C21H35N5O3.HI/c1-22-21(23-10-12-26(2)11-6-13-28-3)24-16-17-7-4-8-18(15-17)25-20(27)19-9-5-14-29-19;/h4,7-8,15,19H,5-6,9-14,16H2,1-3H3,(H,25,27)(H2,22,23,24);1H. The fourth-order valence-electron chi connectivity index (χ4n) is 3.13. The second-order valence-corrected chi connectivity index (χ2v) is 7.19. The van der Waals surface area contributed by atoms with Gasteiger partial charge in [0.05, 0.1) is 0 Å². The zero-order valence-corrected chi connectivity index (χ0v) is 20.6. The molecule has 1 aromatic rings. The maximum Gasteiger partial charge on any atom is 0.253 e. The van der Waals surface area contributed by atoms with Crippen LogP contribution in [0.15, 0.2) is 29.3 Å². The predicted octanol–water partition coefficient (Wildman–Crippen LogP) is 2.06. The van der Waals surface area contributed by atoms with Gasteiger partial charge in [0, 0.05) is 59.2 Å². The third-order valence-electron chi connectivity index (χ3n) is 4.77. The maximum atomic E-state index is 12.2. The lowest BCUT2D eigenvalue weighted by atomic mass is 10.2. The van der Waals surface area contributed by atoms with E-state index in [0.717, 1.165) is 62.7 Å². The second-order valence-electron chi connectivity index (χ2n) is 7.19. The largest absolute Gasteiger partial charge is 0.385 e. The summed E-state index contributed by atoms with van der Waals surface area (Å²) >= 11 is 0. The minimum absolute atomic E-state index is 0. The first-order valence-corrected chi connectivity index (χ1v) is 10.3. The average molecular weight is 533 g/mol. The Balaban J connectivity index is 0.00000450. The number of guanidine groups is 1. The Morgan fingerprint density at radius 1 is 1.33 bits per heavy atom. The molecule has 1 aliphatic rings. The highest BCUT2D eigenvalue weighted by Crippen LogP contribution is 2.16. The molecule has 30 heavy (non-hydrogen) atoms. The molecule has 0 aliphatic carbocycles. The van der Waals surface area contributed by atoms with Crippen molar-refractivity contribution in [3.8, 4) is 0 Å². The molecule has 0 aromatic heterocycles. The zero-order valence-electron chi connectivity index (χ0n) is 18.3. The average Bonchev–Trinajstić information content (AvgIpc) is 3.26. The number of ether oxygens (including phenoxy) is 2. The van der Waals surface area contributed by atoms with Gasteiger partial charge in [-0.1, -0.05) is 12.1 Å². The van der Waals surface area contributed by atoms with E-state index in [9.17, 15) is 4.79 Å². The topological polar surface area (TPSA) is 87.2 Å². The SMILES string of the molecule is CN=C(NCCN(C)CCCOC)NCc1cccc(NC(=O)C2CCCO2)c1.I. The minimum Gasteiger partial charge on any atom is -0.385 e. The van der Waals surface area contributed by atoms with E-state index >= 15 is 0 Å². The van der Waals surface area contributed by atoms with Crippen LogP contribution >= 0.6 is 24.0 Å².